The van der Waals surface area contributed by atoms with E-state index in [-0.39, 0.29) is 5.41 Å². The second kappa shape index (κ2) is 3.04. The minimum atomic E-state index is 0.0794. The fourth-order valence-corrected chi connectivity index (χ4v) is 2.80. The van der Waals surface area contributed by atoms with Crippen LogP contribution in [0.5, 0.6) is 0 Å². The molecule has 1 aromatic rings. The Morgan fingerprint density at radius 1 is 1.54 bits per heavy atom. The molecule has 0 bridgehead atoms. The summed E-state index contributed by atoms with van der Waals surface area (Å²) in [5.74, 6) is 0. The average Bonchev–Trinajstić information content (AvgIpc) is 2.30. The third-order valence-corrected chi connectivity index (χ3v) is 3.85. The maximum Gasteiger partial charge on any atom is 0.0900 e. The fourth-order valence-electron chi connectivity index (χ4n) is 1.71. The van der Waals surface area contributed by atoms with E-state index in [2.05, 4.69) is 11.9 Å². The highest BCUT2D eigenvalue weighted by Gasteiger charge is 2.41. The molecule has 0 amide bonds. The molecular weight excluding hydrogens is 184 g/mol. The van der Waals surface area contributed by atoms with E-state index in [9.17, 15) is 0 Å². The van der Waals surface area contributed by atoms with Crippen molar-refractivity contribution in [2.45, 2.75) is 19.3 Å². The first-order chi connectivity index (χ1) is 6.18. The molecule has 1 aromatic heterocycles. The zero-order valence-corrected chi connectivity index (χ0v) is 8.78. The molecule has 1 aliphatic heterocycles. The van der Waals surface area contributed by atoms with Gasteiger partial charge in [0.2, 0.25) is 0 Å². The number of nitrogens with two attached hydrogens (primary N) is 1. The van der Waals surface area contributed by atoms with Crippen molar-refractivity contribution in [1.82, 2.24) is 4.98 Å². The minimum absolute atomic E-state index is 0.0794. The van der Waals surface area contributed by atoms with E-state index in [1.165, 1.54) is 4.88 Å². The number of rotatable bonds is 2. The highest BCUT2D eigenvalue weighted by Crippen LogP contribution is 2.36. The molecule has 0 atom stereocenters. The lowest BCUT2D eigenvalue weighted by molar-refractivity contribution is -0.0535. The molecule has 0 aliphatic carbocycles. The molecule has 0 aromatic carbocycles. The molecule has 3 nitrogen and oxygen atoms in total. The zero-order valence-electron chi connectivity index (χ0n) is 7.96. The third kappa shape index (κ3) is 1.29. The van der Waals surface area contributed by atoms with E-state index in [4.69, 9.17) is 10.5 Å². The van der Waals surface area contributed by atoms with Gasteiger partial charge in [0.1, 0.15) is 0 Å². The van der Waals surface area contributed by atoms with E-state index < -0.39 is 0 Å². The lowest BCUT2D eigenvalue weighted by Gasteiger charge is -2.39. The highest BCUT2D eigenvalue weighted by atomic mass is 32.1. The Kier molecular flexibility index (Phi) is 2.14. The van der Waals surface area contributed by atoms with Crippen LogP contribution in [0.2, 0.25) is 0 Å². The normalized spacial score (nSPS) is 19.9. The first kappa shape index (κ1) is 9.12. The Morgan fingerprint density at radius 3 is 2.54 bits per heavy atom. The molecule has 13 heavy (non-hydrogen) atoms. The van der Waals surface area contributed by atoms with E-state index in [1.807, 2.05) is 6.92 Å². The average molecular weight is 198 g/mol. The van der Waals surface area contributed by atoms with Crippen LogP contribution < -0.4 is 5.73 Å². The Bertz CT molecular complexity index is 312. The first-order valence-corrected chi connectivity index (χ1v) is 5.22. The van der Waals surface area contributed by atoms with Gasteiger partial charge < -0.3 is 10.5 Å². The number of aryl methyl sites for hydroxylation is 2. The summed E-state index contributed by atoms with van der Waals surface area (Å²) in [5, 5.41) is 1.12. The van der Waals surface area contributed by atoms with Crippen molar-refractivity contribution in [1.29, 1.82) is 0 Å². The van der Waals surface area contributed by atoms with Crippen molar-refractivity contribution in [2.24, 2.45) is 5.73 Å². The van der Waals surface area contributed by atoms with Crippen LogP contribution in [0.15, 0.2) is 0 Å². The topological polar surface area (TPSA) is 48.1 Å². The predicted molar refractivity (Wildman–Crippen MR) is 53.1 cm³/mol. The largest absolute Gasteiger partial charge is 0.379 e. The van der Waals surface area contributed by atoms with Crippen molar-refractivity contribution in [3.8, 4) is 0 Å². The summed E-state index contributed by atoms with van der Waals surface area (Å²) in [6, 6.07) is 0. The Morgan fingerprint density at radius 2 is 2.23 bits per heavy atom. The number of thiazole rings is 1. The molecule has 0 radical (unpaired) electrons. The van der Waals surface area contributed by atoms with Crippen LogP contribution in [-0.2, 0) is 10.2 Å². The van der Waals surface area contributed by atoms with E-state index in [1.54, 1.807) is 11.3 Å². The molecule has 0 saturated carbocycles. The van der Waals surface area contributed by atoms with Crippen molar-refractivity contribution in [3.63, 3.8) is 0 Å². The number of hydrogen-bond acceptors (Lipinski definition) is 4. The van der Waals surface area contributed by atoms with Crippen LogP contribution in [-0.4, -0.2) is 24.7 Å². The number of aromatic nitrogens is 1. The van der Waals surface area contributed by atoms with Crippen molar-refractivity contribution >= 4 is 11.3 Å². The molecule has 0 spiro atoms. The lowest BCUT2D eigenvalue weighted by atomic mass is 9.84. The zero-order chi connectivity index (χ0) is 9.47. The van der Waals surface area contributed by atoms with Gasteiger partial charge in [-0.25, -0.2) is 4.98 Å². The number of hydrogen-bond donors (Lipinski definition) is 1. The third-order valence-electron chi connectivity index (χ3n) is 2.53. The van der Waals surface area contributed by atoms with E-state index in [0.29, 0.717) is 6.54 Å². The smallest absolute Gasteiger partial charge is 0.0900 e. The second-order valence-corrected chi connectivity index (χ2v) is 4.83. The summed E-state index contributed by atoms with van der Waals surface area (Å²) in [4.78, 5) is 5.73. The van der Waals surface area contributed by atoms with Gasteiger partial charge in [0.15, 0.2) is 0 Å². The van der Waals surface area contributed by atoms with Crippen LogP contribution in [0.3, 0.4) is 0 Å². The van der Waals surface area contributed by atoms with Gasteiger partial charge in [0.05, 0.1) is 29.3 Å². The summed E-state index contributed by atoms with van der Waals surface area (Å²) in [5.41, 5.74) is 6.98. The lowest BCUT2D eigenvalue weighted by Crippen LogP contribution is -2.52. The molecule has 2 rings (SSSR count). The van der Waals surface area contributed by atoms with Crippen LogP contribution >= 0.6 is 11.3 Å². The highest BCUT2D eigenvalue weighted by molar-refractivity contribution is 7.11. The monoisotopic (exact) mass is 198 g/mol. The van der Waals surface area contributed by atoms with Crippen LogP contribution in [0, 0.1) is 13.8 Å². The Labute approximate surface area is 81.9 Å². The number of ether oxygens (including phenoxy) is 1. The van der Waals surface area contributed by atoms with Crippen LogP contribution in [0.25, 0.3) is 0 Å². The number of nitrogens with zero attached hydrogens (tertiary/aromatic N) is 1. The summed E-state index contributed by atoms with van der Waals surface area (Å²) >= 11 is 1.75. The SMILES string of the molecule is Cc1nc(C)c(C2(CN)COC2)s1. The quantitative estimate of drug-likeness (QED) is 0.771. The van der Waals surface area contributed by atoms with Gasteiger partial charge in [0.25, 0.3) is 0 Å². The van der Waals surface area contributed by atoms with Gasteiger partial charge in [0, 0.05) is 11.4 Å². The van der Waals surface area contributed by atoms with Gasteiger partial charge >= 0.3 is 0 Å². The maximum absolute atomic E-state index is 5.78. The standard InChI is InChI=1S/C9H14N2OS/c1-6-8(13-7(2)11-6)9(3-10)4-12-5-9/h3-5,10H2,1-2H3. The van der Waals surface area contributed by atoms with Crippen molar-refractivity contribution in [2.75, 3.05) is 19.8 Å². The van der Waals surface area contributed by atoms with Gasteiger partial charge in [-0.05, 0) is 13.8 Å². The predicted octanol–water partition coefficient (Wildman–Crippen LogP) is 0.987. The van der Waals surface area contributed by atoms with E-state index >= 15 is 0 Å². The maximum atomic E-state index is 5.78. The molecule has 4 heteroatoms. The molecule has 72 valence electrons. The van der Waals surface area contributed by atoms with Gasteiger partial charge in [-0.15, -0.1) is 11.3 Å². The summed E-state index contributed by atoms with van der Waals surface area (Å²) in [7, 11) is 0. The Balaban J connectivity index is 2.37. The van der Waals surface area contributed by atoms with E-state index in [0.717, 1.165) is 23.9 Å². The molecule has 1 aliphatic rings. The molecule has 2 heterocycles. The van der Waals surface area contributed by atoms with Crippen LogP contribution in [0.4, 0.5) is 0 Å². The second-order valence-electron chi connectivity index (χ2n) is 3.62. The van der Waals surface area contributed by atoms with Gasteiger partial charge in [-0.2, -0.15) is 0 Å². The summed E-state index contributed by atoms with van der Waals surface area (Å²) in [6.07, 6.45) is 0. The fraction of sp³-hybridized carbons (Fsp3) is 0.667. The van der Waals surface area contributed by atoms with Crippen LogP contribution in [0.1, 0.15) is 15.6 Å². The summed E-state index contributed by atoms with van der Waals surface area (Å²) in [6.45, 7) is 6.26. The first-order valence-electron chi connectivity index (χ1n) is 4.40. The Hall–Kier alpha value is -0.450. The minimum Gasteiger partial charge on any atom is -0.379 e. The molecule has 1 saturated heterocycles. The molecule has 2 N–H and O–H groups in total. The summed E-state index contributed by atoms with van der Waals surface area (Å²) < 4.78 is 5.25. The molecule has 0 unspecified atom stereocenters. The molecular formula is C9H14N2OS. The van der Waals surface area contributed by atoms with Crippen molar-refractivity contribution in [3.05, 3.63) is 15.6 Å². The molecule has 1 fully saturated rings. The van der Waals surface area contributed by atoms with Crippen molar-refractivity contribution < 1.29 is 4.74 Å². The van der Waals surface area contributed by atoms with Gasteiger partial charge in [-0.3, -0.25) is 0 Å². The van der Waals surface area contributed by atoms with Gasteiger partial charge in [-0.1, -0.05) is 0 Å².